The van der Waals surface area contributed by atoms with Crippen molar-refractivity contribution in [2.75, 3.05) is 5.32 Å². The molecule has 0 aliphatic carbocycles. The van der Waals surface area contributed by atoms with Gasteiger partial charge in [-0.25, -0.2) is 9.59 Å². The fourth-order valence-corrected chi connectivity index (χ4v) is 3.11. The second-order valence-electron chi connectivity index (χ2n) is 6.37. The summed E-state index contributed by atoms with van der Waals surface area (Å²) in [6.07, 6.45) is 0.745. The number of nitrogens with zero attached hydrogens (tertiary/aromatic N) is 2. The zero-order chi connectivity index (χ0) is 20.6. The van der Waals surface area contributed by atoms with Crippen LogP contribution in [0.5, 0.6) is 0 Å². The molecule has 8 nitrogen and oxygen atoms in total. The van der Waals surface area contributed by atoms with Gasteiger partial charge < -0.3 is 20.3 Å². The van der Waals surface area contributed by atoms with Gasteiger partial charge in [0.05, 0.1) is 0 Å². The molecule has 0 aliphatic heterocycles. The van der Waals surface area contributed by atoms with E-state index < -0.39 is 18.0 Å². The topological polar surface area (TPSA) is 112 Å². The van der Waals surface area contributed by atoms with Crippen LogP contribution in [0, 0.1) is 4.77 Å². The number of carboxylic acid groups (broad SMARTS) is 1. The minimum absolute atomic E-state index is 0.249. The molecular formula is C20H21N5O3S. The van der Waals surface area contributed by atoms with Crippen LogP contribution < -0.4 is 10.6 Å². The molecule has 1 atom stereocenters. The largest absolute Gasteiger partial charge is 0.480 e. The molecule has 4 N–H and O–H groups in total. The van der Waals surface area contributed by atoms with Gasteiger partial charge in [-0.05, 0) is 37.2 Å². The Morgan fingerprint density at radius 3 is 2.41 bits per heavy atom. The van der Waals surface area contributed by atoms with Crippen molar-refractivity contribution >= 4 is 29.9 Å². The highest BCUT2D eigenvalue weighted by Crippen LogP contribution is 2.17. The Bertz CT molecular complexity index is 1020. The minimum Gasteiger partial charge on any atom is -0.480 e. The number of carbonyl (C=O) groups is 2. The number of aromatic amines is 1. The van der Waals surface area contributed by atoms with Crippen molar-refractivity contribution in [1.29, 1.82) is 0 Å². The SMILES string of the molecule is O=C(Nc1ccccc1)NC(CCCn1c(-c2ccccc2)n[nH]c1=S)C(=O)O. The molecule has 1 aromatic heterocycles. The number of aromatic nitrogens is 3. The summed E-state index contributed by atoms with van der Waals surface area (Å²) in [6, 6.07) is 16.9. The van der Waals surface area contributed by atoms with Crippen LogP contribution in [0.4, 0.5) is 10.5 Å². The number of benzene rings is 2. The highest BCUT2D eigenvalue weighted by Gasteiger charge is 2.20. The number of anilines is 1. The lowest BCUT2D eigenvalue weighted by atomic mass is 10.1. The van der Waals surface area contributed by atoms with E-state index in [0.717, 1.165) is 5.56 Å². The van der Waals surface area contributed by atoms with E-state index in [2.05, 4.69) is 20.8 Å². The predicted molar refractivity (Wildman–Crippen MR) is 112 cm³/mol. The third-order valence-corrected chi connectivity index (χ3v) is 4.61. The van der Waals surface area contributed by atoms with Gasteiger partial charge in [-0.15, -0.1) is 0 Å². The molecule has 0 spiro atoms. The Morgan fingerprint density at radius 1 is 1.10 bits per heavy atom. The van der Waals surface area contributed by atoms with E-state index in [1.54, 1.807) is 24.3 Å². The van der Waals surface area contributed by atoms with Crippen LogP contribution in [-0.2, 0) is 11.3 Å². The third kappa shape index (κ3) is 5.52. The maximum Gasteiger partial charge on any atom is 0.326 e. The van der Waals surface area contributed by atoms with Gasteiger partial charge in [-0.3, -0.25) is 5.10 Å². The van der Waals surface area contributed by atoms with Gasteiger partial charge in [-0.2, -0.15) is 5.10 Å². The van der Waals surface area contributed by atoms with E-state index in [0.29, 0.717) is 29.2 Å². The van der Waals surface area contributed by atoms with Crippen LogP contribution in [0.1, 0.15) is 12.8 Å². The number of urea groups is 1. The van der Waals surface area contributed by atoms with Crippen molar-refractivity contribution in [1.82, 2.24) is 20.1 Å². The van der Waals surface area contributed by atoms with Crippen LogP contribution in [0.25, 0.3) is 11.4 Å². The summed E-state index contributed by atoms with van der Waals surface area (Å²) in [7, 11) is 0. The number of hydrogen-bond acceptors (Lipinski definition) is 4. The smallest absolute Gasteiger partial charge is 0.326 e. The number of aliphatic carboxylic acids is 1. The zero-order valence-electron chi connectivity index (χ0n) is 15.5. The van der Waals surface area contributed by atoms with E-state index in [1.165, 1.54) is 0 Å². The summed E-state index contributed by atoms with van der Waals surface area (Å²) >= 11 is 5.30. The highest BCUT2D eigenvalue weighted by molar-refractivity contribution is 7.71. The van der Waals surface area contributed by atoms with Gasteiger partial charge in [0, 0.05) is 17.8 Å². The quantitative estimate of drug-likeness (QED) is 0.423. The Labute approximate surface area is 172 Å². The molecule has 3 aromatic rings. The Kier molecular flexibility index (Phi) is 6.75. The Morgan fingerprint density at radius 2 is 1.76 bits per heavy atom. The van der Waals surface area contributed by atoms with Crippen molar-refractivity contribution in [3.05, 3.63) is 65.4 Å². The van der Waals surface area contributed by atoms with Crippen LogP contribution in [-0.4, -0.2) is 37.9 Å². The van der Waals surface area contributed by atoms with Crippen molar-refractivity contribution < 1.29 is 14.7 Å². The molecule has 0 aliphatic rings. The van der Waals surface area contributed by atoms with Crippen LogP contribution in [0.3, 0.4) is 0 Å². The van der Waals surface area contributed by atoms with E-state index >= 15 is 0 Å². The average molecular weight is 411 g/mol. The lowest BCUT2D eigenvalue weighted by Gasteiger charge is -2.15. The van der Waals surface area contributed by atoms with Crippen LogP contribution in [0.15, 0.2) is 60.7 Å². The van der Waals surface area contributed by atoms with Gasteiger partial charge in [0.1, 0.15) is 6.04 Å². The van der Waals surface area contributed by atoms with E-state index in [1.807, 2.05) is 41.0 Å². The molecule has 3 rings (SSSR count). The number of H-pyrrole nitrogens is 1. The third-order valence-electron chi connectivity index (χ3n) is 4.30. The second-order valence-corrected chi connectivity index (χ2v) is 6.75. The van der Waals surface area contributed by atoms with E-state index in [9.17, 15) is 14.7 Å². The Balaban J connectivity index is 1.59. The van der Waals surface area contributed by atoms with Gasteiger partial charge in [-0.1, -0.05) is 48.5 Å². The molecule has 29 heavy (non-hydrogen) atoms. The van der Waals surface area contributed by atoms with Gasteiger partial charge in [0.25, 0.3) is 0 Å². The normalized spacial score (nSPS) is 11.6. The summed E-state index contributed by atoms with van der Waals surface area (Å²) in [4.78, 5) is 23.6. The number of para-hydroxylation sites is 1. The standard InChI is InChI=1S/C20H21N5O3S/c26-18(27)16(22-19(28)21-15-10-5-2-6-11-15)12-7-13-25-17(23-24-20(25)29)14-8-3-1-4-9-14/h1-6,8-11,16H,7,12-13H2,(H,24,29)(H,26,27)(H2,21,22,28). The average Bonchev–Trinajstić information content (AvgIpc) is 3.09. The number of carbonyl (C=O) groups excluding carboxylic acids is 1. The lowest BCUT2D eigenvalue weighted by Crippen LogP contribution is -2.43. The first-order chi connectivity index (χ1) is 14.0. The van der Waals surface area contributed by atoms with Crippen molar-refractivity contribution in [2.45, 2.75) is 25.4 Å². The fourth-order valence-electron chi connectivity index (χ4n) is 2.89. The summed E-state index contributed by atoms with van der Waals surface area (Å²) in [5.41, 5.74) is 1.50. The zero-order valence-corrected chi connectivity index (χ0v) is 16.4. The predicted octanol–water partition coefficient (Wildman–Crippen LogP) is 3.66. The molecule has 0 bridgehead atoms. The molecule has 0 saturated carbocycles. The van der Waals surface area contributed by atoms with Crippen LogP contribution in [0.2, 0.25) is 0 Å². The summed E-state index contributed by atoms with van der Waals surface area (Å²) in [5.74, 6) is -0.399. The Hall–Kier alpha value is -3.46. The summed E-state index contributed by atoms with van der Waals surface area (Å²) in [5, 5.41) is 21.6. The fraction of sp³-hybridized carbons (Fsp3) is 0.200. The first-order valence-corrected chi connectivity index (χ1v) is 9.51. The van der Waals surface area contributed by atoms with E-state index in [-0.39, 0.29) is 6.42 Å². The number of hydrogen-bond donors (Lipinski definition) is 4. The second kappa shape index (κ2) is 9.65. The minimum atomic E-state index is -1.09. The first kappa shape index (κ1) is 20.3. The highest BCUT2D eigenvalue weighted by atomic mass is 32.1. The molecular weight excluding hydrogens is 390 g/mol. The van der Waals surface area contributed by atoms with Crippen LogP contribution >= 0.6 is 12.2 Å². The molecule has 1 unspecified atom stereocenters. The maximum atomic E-state index is 12.1. The number of nitrogens with one attached hydrogen (secondary N) is 3. The molecule has 2 aromatic carbocycles. The molecule has 0 radical (unpaired) electrons. The van der Waals surface area contributed by atoms with Gasteiger partial charge in [0.2, 0.25) is 0 Å². The molecule has 9 heteroatoms. The number of rotatable bonds is 8. The maximum absolute atomic E-state index is 12.1. The lowest BCUT2D eigenvalue weighted by molar-refractivity contribution is -0.139. The molecule has 1 heterocycles. The first-order valence-electron chi connectivity index (χ1n) is 9.10. The summed E-state index contributed by atoms with van der Waals surface area (Å²) < 4.78 is 2.29. The van der Waals surface area contributed by atoms with Gasteiger partial charge in [0.15, 0.2) is 10.6 Å². The summed E-state index contributed by atoms with van der Waals surface area (Å²) in [6.45, 7) is 0.478. The monoisotopic (exact) mass is 411 g/mol. The van der Waals surface area contributed by atoms with E-state index in [4.69, 9.17) is 12.2 Å². The molecule has 2 amide bonds. The van der Waals surface area contributed by atoms with Gasteiger partial charge >= 0.3 is 12.0 Å². The van der Waals surface area contributed by atoms with Crippen molar-refractivity contribution in [2.24, 2.45) is 0 Å². The molecule has 0 saturated heterocycles. The molecule has 150 valence electrons. The number of carboxylic acids is 1. The number of amides is 2. The molecule has 0 fully saturated rings. The van der Waals surface area contributed by atoms with Crippen molar-refractivity contribution in [3.63, 3.8) is 0 Å². The van der Waals surface area contributed by atoms with Crippen molar-refractivity contribution in [3.8, 4) is 11.4 Å².